The van der Waals surface area contributed by atoms with Crippen LogP contribution in [0, 0.1) is 18.6 Å². The van der Waals surface area contributed by atoms with Gasteiger partial charge in [-0.2, -0.15) is 0 Å². The summed E-state index contributed by atoms with van der Waals surface area (Å²) in [6.07, 6.45) is 2.47. The van der Waals surface area contributed by atoms with Crippen molar-refractivity contribution in [3.8, 4) is 16.2 Å². The number of carboxylic acids is 1. The molecule has 0 saturated carbocycles. The smallest absolute Gasteiger partial charge is 0.337 e. The molecule has 0 amide bonds. The van der Waals surface area contributed by atoms with E-state index in [9.17, 15) is 28.6 Å². The number of halogens is 2. The summed E-state index contributed by atoms with van der Waals surface area (Å²) in [6.45, 7) is 1.40. The van der Waals surface area contributed by atoms with Gasteiger partial charge in [0.05, 0.1) is 10.4 Å². The van der Waals surface area contributed by atoms with E-state index in [0.29, 0.717) is 4.83 Å². The second kappa shape index (κ2) is 7.54. The fraction of sp³-hybridized carbons (Fsp3) is 0.100. The molecule has 152 valence electrons. The van der Waals surface area contributed by atoms with Gasteiger partial charge in [-0.05, 0) is 23.4 Å². The van der Waals surface area contributed by atoms with Gasteiger partial charge in [0.2, 0.25) is 0 Å². The molecular weight excluding hydrogens is 434 g/mol. The summed E-state index contributed by atoms with van der Waals surface area (Å²) < 4.78 is 28.4. The number of fused-ring (bicyclic) bond motifs is 1. The number of rotatable bonds is 5. The Morgan fingerprint density at radius 2 is 1.87 bits per heavy atom. The van der Waals surface area contributed by atoms with Gasteiger partial charge in [0.1, 0.15) is 15.2 Å². The highest BCUT2D eigenvalue weighted by molar-refractivity contribution is 7.20. The standard InChI is InChI=1S/C20H12F2N2O4S2/c1-8-2-3-10(14(22)13(8)21)17-12(20(27)28)9(7-29-17)6-11(25)18-16(26)15-19(30-18)24-5-4-23-15/h2-5,7,26H,6H2,1H3,(H,27,28). The second-order valence-corrected chi connectivity index (χ2v) is 8.30. The average molecular weight is 446 g/mol. The van der Waals surface area contributed by atoms with E-state index in [0.717, 1.165) is 22.7 Å². The minimum atomic E-state index is -1.36. The van der Waals surface area contributed by atoms with Gasteiger partial charge in [-0.1, -0.05) is 12.1 Å². The lowest BCUT2D eigenvalue weighted by atomic mass is 10.0. The first-order valence-corrected chi connectivity index (χ1v) is 10.2. The summed E-state index contributed by atoms with van der Waals surface area (Å²) in [4.78, 5) is 33.1. The maximum absolute atomic E-state index is 14.4. The van der Waals surface area contributed by atoms with Crippen molar-refractivity contribution in [3.05, 3.63) is 63.1 Å². The zero-order valence-electron chi connectivity index (χ0n) is 15.3. The van der Waals surface area contributed by atoms with E-state index in [1.54, 1.807) is 0 Å². The van der Waals surface area contributed by atoms with E-state index in [2.05, 4.69) is 9.97 Å². The first-order chi connectivity index (χ1) is 14.3. The minimum absolute atomic E-state index is 0.00727. The molecule has 10 heteroatoms. The maximum Gasteiger partial charge on any atom is 0.337 e. The zero-order valence-corrected chi connectivity index (χ0v) is 16.9. The quantitative estimate of drug-likeness (QED) is 0.426. The normalized spacial score (nSPS) is 11.2. The van der Waals surface area contributed by atoms with Crippen LogP contribution in [0.25, 0.3) is 20.8 Å². The van der Waals surface area contributed by atoms with Gasteiger partial charge >= 0.3 is 5.97 Å². The lowest BCUT2D eigenvalue weighted by Gasteiger charge is -2.07. The van der Waals surface area contributed by atoms with E-state index in [4.69, 9.17) is 0 Å². The summed E-state index contributed by atoms with van der Waals surface area (Å²) >= 11 is 1.86. The van der Waals surface area contributed by atoms with Crippen LogP contribution >= 0.6 is 22.7 Å². The molecule has 0 spiro atoms. The third-order valence-corrected chi connectivity index (χ3v) is 6.69. The Morgan fingerprint density at radius 1 is 1.13 bits per heavy atom. The first-order valence-electron chi connectivity index (χ1n) is 8.53. The maximum atomic E-state index is 14.4. The number of benzene rings is 1. The molecule has 3 heterocycles. The lowest BCUT2D eigenvalue weighted by Crippen LogP contribution is -2.07. The number of hydrogen-bond donors (Lipinski definition) is 2. The number of aromatic hydroxyl groups is 1. The molecule has 4 aromatic rings. The average Bonchev–Trinajstić information content (AvgIpc) is 3.28. The zero-order chi connectivity index (χ0) is 21.6. The van der Waals surface area contributed by atoms with Crippen LogP contribution in [0.15, 0.2) is 29.9 Å². The number of nitrogens with zero attached hydrogens (tertiary/aromatic N) is 2. The number of thiophene rings is 2. The van der Waals surface area contributed by atoms with Gasteiger partial charge in [0.15, 0.2) is 23.2 Å². The third kappa shape index (κ3) is 3.23. The summed E-state index contributed by atoms with van der Waals surface area (Å²) in [5.41, 5.74) is -0.0228. The summed E-state index contributed by atoms with van der Waals surface area (Å²) in [7, 11) is 0. The van der Waals surface area contributed by atoms with E-state index >= 15 is 0 Å². The van der Waals surface area contributed by atoms with Gasteiger partial charge in [-0.15, -0.1) is 22.7 Å². The SMILES string of the molecule is Cc1ccc(-c2scc(CC(=O)c3sc4nccnc4c3O)c2C(=O)O)c(F)c1F. The largest absolute Gasteiger partial charge is 0.504 e. The molecule has 0 aliphatic rings. The summed E-state index contributed by atoms with van der Waals surface area (Å²) in [5, 5.41) is 21.4. The number of carbonyl (C=O) groups is 2. The fourth-order valence-corrected chi connectivity index (χ4v) is 5.05. The van der Waals surface area contributed by atoms with Crippen molar-refractivity contribution in [2.45, 2.75) is 13.3 Å². The molecule has 0 unspecified atom stereocenters. The number of carbonyl (C=O) groups excluding carboxylic acids is 1. The molecule has 4 rings (SSSR count). The molecule has 30 heavy (non-hydrogen) atoms. The third-order valence-electron chi connectivity index (χ3n) is 4.51. The topological polar surface area (TPSA) is 100 Å². The monoisotopic (exact) mass is 446 g/mol. The van der Waals surface area contributed by atoms with Crippen LogP contribution in [0.5, 0.6) is 5.75 Å². The number of carboxylic acid groups (broad SMARTS) is 1. The van der Waals surface area contributed by atoms with Crippen molar-refractivity contribution < 1.29 is 28.6 Å². The lowest BCUT2D eigenvalue weighted by molar-refractivity contribution is 0.0697. The van der Waals surface area contributed by atoms with E-state index in [1.807, 2.05) is 0 Å². The van der Waals surface area contributed by atoms with Crippen LogP contribution in [0.4, 0.5) is 8.78 Å². The molecule has 0 aliphatic heterocycles. The molecule has 0 aliphatic carbocycles. The summed E-state index contributed by atoms with van der Waals surface area (Å²) in [5.74, 6) is -4.40. The Bertz CT molecular complexity index is 1330. The van der Waals surface area contributed by atoms with Crippen LogP contribution in [-0.2, 0) is 6.42 Å². The van der Waals surface area contributed by atoms with Crippen LogP contribution in [0.1, 0.15) is 31.2 Å². The highest BCUT2D eigenvalue weighted by Gasteiger charge is 2.27. The number of aromatic carboxylic acids is 1. The Balaban J connectivity index is 1.75. The van der Waals surface area contributed by atoms with E-state index < -0.39 is 23.4 Å². The van der Waals surface area contributed by atoms with Crippen molar-refractivity contribution in [1.82, 2.24) is 9.97 Å². The van der Waals surface area contributed by atoms with Gasteiger partial charge in [-0.25, -0.2) is 23.5 Å². The molecule has 0 fully saturated rings. The molecule has 0 radical (unpaired) electrons. The second-order valence-electron chi connectivity index (χ2n) is 6.42. The molecule has 0 bridgehead atoms. The molecule has 3 aromatic heterocycles. The first kappa shape index (κ1) is 20.0. The Hall–Kier alpha value is -3.24. The number of aryl methyl sites for hydroxylation is 1. The number of hydrogen-bond acceptors (Lipinski definition) is 7. The van der Waals surface area contributed by atoms with E-state index in [-0.39, 0.29) is 49.7 Å². The van der Waals surface area contributed by atoms with E-state index in [1.165, 1.54) is 36.8 Å². The predicted octanol–water partition coefficient (Wildman–Crippen LogP) is 4.84. The van der Waals surface area contributed by atoms with Gasteiger partial charge in [0, 0.05) is 24.4 Å². The van der Waals surface area contributed by atoms with Gasteiger partial charge in [0.25, 0.3) is 0 Å². The molecule has 6 nitrogen and oxygen atoms in total. The molecule has 0 saturated heterocycles. The summed E-state index contributed by atoms with van der Waals surface area (Å²) in [6, 6.07) is 2.67. The van der Waals surface area contributed by atoms with Gasteiger partial charge in [-0.3, -0.25) is 4.79 Å². The van der Waals surface area contributed by atoms with Crippen molar-refractivity contribution >= 4 is 44.8 Å². The fourth-order valence-electron chi connectivity index (χ4n) is 3.03. The van der Waals surface area contributed by atoms with Crippen molar-refractivity contribution in [3.63, 3.8) is 0 Å². The Labute approximate surface area is 176 Å². The minimum Gasteiger partial charge on any atom is -0.504 e. The number of ketones is 1. The van der Waals surface area contributed by atoms with Crippen LogP contribution < -0.4 is 0 Å². The number of aromatic nitrogens is 2. The predicted molar refractivity (Wildman–Crippen MR) is 108 cm³/mol. The van der Waals surface area contributed by atoms with Crippen LogP contribution in [0.2, 0.25) is 0 Å². The molecule has 2 N–H and O–H groups in total. The molecule has 1 aromatic carbocycles. The van der Waals surface area contributed by atoms with Gasteiger partial charge < -0.3 is 10.2 Å². The van der Waals surface area contributed by atoms with Crippen molar-refractivity contribution in [2.75, 3.05) is 0 Å². The Morgan fingerprint density at radius 3 is 2.57 bits per heavy atom. The van der Waals surface area contributed by atoms with Crippen LogP contribution in [-0.4, -0.2) is 31.9 Å². The number of Topliss-reactive ketones (excluding diaryl/α,β-unsaturated/α-hetero) is 1. The van der Waals surface area contributed by atoms with Crippen molar-refractivity contribution in [1.29, 1.82) is 0 Å². The molecule has 0 atom stereocenters. The van der Waals surface area contributed by atoms with Crippen LogP contribution in [0.3, 0.4) is 0 Å². The highest BCUT2D eigenvalue weighted by atomic mass is 32.1. The molecular formula is C20H12F2N2O4S2. The highest BCUT2D eigenvalue weighted by Crippen LogP contribution is 2.38. The Kier molecular flexibility index (Phi) is 5.04. The van der Waals surface area contributed by atoms with Crippen molar-refractivity contribution in [2.24, 2.45) is 0 Å².